The van der Waals surface area contributed by atoms with Gasteiger partial charge < -0.3 is 15.4 Å². The highest BCUT2D eigenvalue weighted by atomic mass is 32.1. The second kappa shape index (κ2) is 11.7. The number of para-hydroxylation sites is 1. The van der Waals surface area contributed by atoms with Crippen molar-refractivity contribution in [2.75, 3.05) is 39.8 Å². The van der Waals surface area contributed by atoms with E-state index in [4.69, 9.17) is 4.74 Å². The number of ether oxygens (including phenoxy) is 1. The van der Waals surface area contributed by atoms with Gasteiger partial charge in [0, 0.05) is 31.6 Å². The Morgan fingerprint density at radius 2 is 1.96 bits per heavy atom. The van der Waals surface area contributed by atoms with Gasteiger partial charge in [0.15, 0.2) is 5.96 Å². The molecular formula is C22H32N4OS. The van der Waals surface area contributed by atoms with Gasteiger partial charge in [0.1, 0.15) is 5.75 Å². The molecule has 28 heavy (non-hydrogen) atoms. The van der Waals surface area contributed by atoms with Crippen molar-refractivity contribution in [1.29, 1.82) is 0 Å². The standard InChI is InChI=1S/C22H32N4OS/c1-23-22(24-12-6-15-27-20-7-3-2-4-8-20)25-17-19-10-13-26(14-11-19)18-21-9-5-16-28-21/h2-5,7-9,16,19H,6,10-15,17-18H2,1H3,(H2,23,24,25). The highest BCUT2D eigenvalue weighted by Gasteiger charge is 2.19. The molecule has 0 unspecified atom stereocenters. The van der Waals surface area contributed by atoms with Gasteiger partial charge in [-0.15, -0.1) is 11.3 Å². The smallest absolute Gasteiger partial charge is 0.190 e. The minimum Gasteiger partial charge on any atom is -0.494 e. The monoisotopic (exact) mass is 400 g/mol. The second-order valence-electron chi connectivity index (χ2n) is 7.19. The summed E-state index contributed by atoms with van der Waals surface area (Å²) in [5.41, 5.74) is 0. The molecule has 1 aliphatic heterocycles. The number of hydrogen-bond donors (Lipinski definition) is 2. The van der Waals surface area contributed by atoms with Crippen LogP contribution in [0.15, 0.2) is 52.8 Å². The molecule has 0 saturated carbocycles. The summed E-state index contributed by atoms with van der Waals surface area (Å²) < 4.78 is 5.72. The van der Waals surface area contributed by atoms with Crippen LogP contribution in [0.1, 0.15) is 24.1 Å². The van der Waals surface area contributed by atoms with Gasteiger partial charge in [-0.2, -0.15) is 0 Å². The van der Waals surface area contributed by atoms with E-state index in [1.165, 1.54) is 30.8 Å². The lowest BCUT2D eigenvalue weighted by Gasteiger charge is -2.32. The van der Waals surface area contributed by atoms with E-state index in [2.05, 4.69) is 38.0 Å². The highest BCUT2D eigenvalue weighted by molar-refractivity contribution is 7.09. The Labute approximate surface area is 172 Å². The molecule has 1 aliphatic rings. The Bertz CT molecular complexity index is 682. The Balaban J connectivity index is 1.25. The number of guanidine groups is 1. The second-order valence-corrected chi connectivity index (χ2v) is 8.23. The van der Waals surface area contributed by atoms with Gasteiger partial charge >= 0.3 is 0 Å². The van der Waals surface area contributed by atoms with Gasteiger partial charge in [-0.1, -0.05) is 24.3 Å². The maximum Gasteiger partial charge on any atom is 0.190 e. The zero-order chi connectivity index (χ0) is 19.4. The third-order valence-electron chi connectivity index (χ3n) is 5.07. The quantitative estimate of drug-likeness (QED) is 0.384. The molecule has 1 fully saturated rings. The first-order chi connectivity index (χ1) is 13.8. The maximum atomic E-state index is 5.72. The van der Waals surface area contributed by atoms with E-state index in [0.29, 0.717) is 6.61 Å². The number of benzene rings is 1. The number of hydrogen-bond acceptors (Lipinski definition) is 4. The average Bonchev–Trinajstić information content (AvgIpc) is 3.25. The Kier molecular flexibility index (Phi) is 8.65. The van der Waals surface area contributed by atoms with E-state index in [1.54, 1.807) is 0 Å². The lowest BCUT2D eigenvalue weighted by molar-refractivity contribution is 0.179. The van der Waals surface area contributed by atoms with Gasteiger partial charge in [-0.3, -0.25) is 9.89 Å². The average molecular weight is 401 g/mol. The minimum absolute atomic E-state index is 0.705. The summed E-state index contributed by atoms with van der Waals surface area (Å²) in [7, 11) is 1.83. The fourth-order valence-electron chi connectivity index (χ4n) is 3.42. The van der Waals surface area contributed by atoms with E-state index in [1.807, 2.05) is 48.7 Å². The lowest BCUT2D eigenvalue weighted by Crippen LogP contribution is -2.43. The Morgan fingerprint density at radius 3 is 2.68 bits per heavy atom. The van der Waals surface area contributed by atoms with Crippen LogP contribution in [0.5, 0.6) is 5.75 Å². The predicted molar refractivity (Wildman–Crippen MR) is 118 cm³/mol. The summed E-state index contributed by atoms with van der Waals surface area (Å²) in [6, 6.07) is 14.3. The van der Waals surface area contributed by atoms with Crippen LogP contribution < -0.4 is 15.4 Å². The molecular weight excluding hydrogens is 368 g/mol. The van der Waals surface area contributed by atoms with Gasteiger partial charge in [-0.25, -0.2) is 0 Å². The van der Waals surface area contributed by atoms with E-state index in [9.17, 15) is 0 Å². The third-order valence-corrected chi connectivity index (χ3v) is 5.94. The number of piperidine rings is 1. The SMILES string of the molecule is CN=C(NCCCOc1ccccc1)NCC1CCN(Cc2cccs2)CC1. The van der Waals surface area contributed by atoms with Crippen LogP contribution in [-0.2, 0) is 6.54 Å². The summed E-state index contributed by atoms with van der Waals surface area (Å²) in [6.07, 6.45) is 3.44. The minimum atomic E-state index is 0.705. The maximum absolute atomic E-state index is 5.72. The van der Waals surface area contributed by atoms with Gasteiger partial charge in [0.05, 0.1) is 6.61 Å². The van der Waals surface area contributed by atoms with Crippen molar-refractivity contribution in [2.45, 2.75) is 25.8 Å². The van der Waals surface area contributed by atoms with Gasteiger partial charge in [0.2, 0.25) is 0 Å². The molecule has 0 amide bonds. The first-order valence-electron chi connectivity index (χ1n) is 10.2. The molecule has 1 aromatic heterocycles. The summed E-state index contributed by atoms with van der Waals surface area (Å²) >= 11 is 1.86. The molecule has 0 aliphatic carbocycles. The fraction of sp³-hybridized carbons (Fsp3) is 0.500. The van der Waals surface area contributed by atoms with Crippen molar-refractivity contribution in [2.24, 2.45) is 10.9 Å². The molecule has 0 bridgehead atoms. The molecule has 0 atom stereocenters. The number of nitrogens with one attached hydrogen (secondary N) is 2. The first-order valence-corrected chi connectivity index (χ1v) is 11.1. The van der Waals surface area contributed by atoms with Crippen LogP contribution in [0.25, 0.3) is 0 Å². The van der Waals surface area contributed by atoms with Crippen molar-refractivity contribution >= 4 is 17.3 Å². The van der Waals surface area contributed by atoms with Crippen molar-refractivity contribution in [3.8, 4) is 5.75 Å². The lowest BCUT2D eigenvalue weighted by atomic mass is 9.97. The Morgan fingerprint density at radius 1 is 1.14 bits per heavy atom. The topological polar surface area (TPSA) is 48.9 Å². The van der Waals surface area contributed by atoms with E-state index >= 15 is 0 Å². The fourth-order valence-corrected chi connectivity index (χ4v) is 4.17. The number of thiophene rings is 1. The molecule has 0 spiro atoms. The number of rotatable bonds is 9. The number of nitrogens with zero attached hydrogens (tertiary/aromatic N) is 2. The normalized spacial score (nSPS) is 16.1. The van der Waals surface area contributed by atoms with Crippen LogP contribution >= 0.6 is 11.3 Å². The molecule has 0 radical (unpaired) electrons. The molecule has 2 N–H and O–H groups in total. The van der Waals surface area contributed by atoms with Crippen LogP contribution in [0.3, 0.4) is 0 Å². The van der Waals surface area contributed by atoms with Gasteiger partial charge in [-0.05, 0) is 61.8 Å². The first kappa shape index (κ1) is 20.7. The van der Waals surface area contributed by atoms with E-state index < -0.39 is 0 Å². The zero-order valence-corrected chi connectivity index (χ0v) is 17.6. The van der Waals surface area contributed by atoms with Crippen LogP contribution in [0, 0.1) is 5.92 Å². The third kappa shape index (κ3) is 7.17. The molecule has 3 rings (SSSR count). The summed E-state index contributed by atoms with van der Waals surface area (Å²) in [4.78, 5) is 8.38. The van der Waals surface area contributed by atoms with Crippen molar-refractivity contribution in [3.63, 3.8) is 0 Å². The molecule has 152 valence electrons. The van der Waals surface area contributed by atoms with E-state index in [0.717, 1.165) is 43.7 Å². The number of likely N-dealkylation sites (tertiary alicyclic amines) is 1. The molecule has 2 aromatic rings. The van der Waals surface area contributed by atoms with Crippen molar-refractivity contribution in [3.05, 3.63) is 52.7 Å². The molecule has 1 aromatic carbocycles. The molecule has 2 heterocycles. The molecule has 5 nitrogen and oxygen atoms in total. The van der Waals surface area contributed by atoms with E-state index in [-0.39, 0.29) is 0 Å². The van der Waals surface area contributed by atoms with Crippen LogP contribution in [0.4, 0.5) is 0 Å². The predicted octanol–water partition coefficient (Wildman–Crippen LogP) is 3.59. The Hall–Kier alpha value is -2.05. The summed E-state index contributed by atoms with van der Waals surface area (Å²) in [5, 5.41) is 9.04. The zero-order valence-electron chi connectivity index (χ0n) is 16.8. The largest absolute Gasteiger partial charge is 0.494 e. The number of aliphatic imine (C=N–C) groups is 1. The van der Waals surface area contributed by atoms with Crippen molar-refractivity contribution < 1.29 is 4.74 Å². The van der Waals surface area contributed by atoms with Crippen LogP contribution in [0.2, 0.25) is 0 Å². The summed E-state index contributed by atoms with van der Waals surface area (Å²) in [6.45, 7) is 6.03. The van der Waals surface area contributed by atoms with Gasteiger partial charge in [0.25, 0.3) is 0 Å². The molecule has 6 heteroatoms. The van der Waals surface area contributed by atoms with Crippen molar-refractivity contribution in [1.82, 2.24) is 15.5 Å². The summed E-state index contributed by atoms with van der Waals surface area (Å²) in [5.74, 6) is 2.54. The highest BCUT2D eigenvalue weighted by Crippen LogP contribution is 2.20. The molecule has 1 saturated heterocycles. The van der Waals surface area contributed by atoms with Crippen LogP contribution in [-0.4, -0.2) is 50.7 Å².